The van der Waals surface area contributed by atoms with Crippen LogP contribution < -0.4 is 58.9 Å². The third-order valence-electron chi connectivity index (χ3n) is 9.88. The SMILES string of the molecule is CC[C@H](C)[C@H](NC(=O)[C@H](CO)NC(=O)[C@H](C)NC(=O)[C@H](C)NC(=O)CNC(=O)[C@H](C)NC(=O)[C@@H]1CCCN1)C(=O)N[C@@H](CCCCN)C(=O)N[C@@H](CO)C(=O)N[C@@H](CO)C(=O)O. The first-order chi connectivity index (χ1) is 29.2. The monoisotopic (exact) mass is 887 g/mol. The number of unbranched alkanes of at least 4 members (excludes halogenated alkanes) is 1. The van der Waals surface area contributed by atoms with Crippen LogP contribution in [-0.4, -0.2) is 173 Å². The van der Waals surface area contributed by atoms with Gasteiger partial charge in [-0.15, -0.1) is 0 Å². The van der Waals surface area contributed by atoms with Crippen molar-refractivity contribution in [1.82, 2.24) is 53.2 Å². The molecular formula is C37H65N11O14. The third kappa shape index (κ3) is 18.6. The Morgan fingerprint density at radius 1 is 0.613 bits per heavy atom. The predicted molar refractivity (Wildman–Crippen MR) is 218 cm³/mol. The van der Waals surface area contributed by atoms with Crippen LogP contribution in [-0.2, 0) is 47.9 Å². The summed E-state index contributed by atoms with van der Waals surface area (Å²) in [5.74, 6) is -9.58. The molecule has 1 heterocycles. The summed E-state index contributed by atoms with van der Waals surface area (Å²) >= 11 is 0. The van der Waals surface area contributed by atoms with Crippen molar-refractivity contribution in [3.8, 4) is 0 Å². The van der Waals surface area contributed by atoms with Gasteiger partial charge in [0.15, 0.2) is 0 Å². The molecular weight excluding hydrogens is 822 g/mol. The number of hydrogen-bond acceptors (Lipinski definition) is 15. The van der Waals surface area contributed by atoms with E-state index in [1.165, 1.54) is 20.8 Å². The lowest BCUT2D eigenvalue weighted by molar-refractivity contribution is -0.143. The fourth-order valence-corrected chi connectivity index (χ4v) is 5.76. The number of carboxylic acid groups (broad SMARTS) is 1. The van der Waals surface area contributed by atoms with Gasteiger partial charge in [-0.2, -0.15) is 0 Å². The molecule has 1 aliphatic heterocycles. The fraction of sp³-hybridized carbons (Fsp3) is 0.730. The quantitative estimate of drug-likeness (QED) is 0.0325. The molecule has 10 atom stereocenters. The van der Waals surface area contributed by atoms with Crippen molar-refractivity contribution in [2.45, 2.75) is 128 Å². The molecule has 352 valence electrons. The lowest BCUT2D eigenvalue weighted by atomic mass is 9.97. The highest BCUT2D eigenvalue weighted by atomic mass is 16.4. The van der Waals surface area contributed by atoms with Gasteiger partial charge in [0.05, 0.1) is 32.4 Å². The summed E-state index contributed by atoms with van der Waals surface area (Å²) in [7, 11) is 0. The minimum atomic E-state index is -1.73. The zero-order valence-corrected chi connectivity index (χ0v) is 35.7. The van der Waals surface area contributed by atoms with Gasteiger partial charge in [-0.1, -0.05) is 20.3 Å². The van der Waals surface area contributed by atoms with E-state index in [0.29, 0.717) is 32.2 Å². The predicted octanol–water partition coefficient (Wildman–Crippen LogP) is -6.97. The van der Waals surface area contributed by atoms with Gasteiger partial charge in [0.25, 0.3) is 0 Å². The number of nitrogens with two attached hydrogens (primary N) is 1. The molecule has 62 heavy (non-hydrogen) atoms. The summed E-state index contributed by atoms with van der Waals surface area (Å²) in [6, 6.07) is -11.6. The van der Waals surface area contributed by atoms with E-state index in [1.54, 1.807) is 13.8 Å². The number of carbonyl (C=O) groups excluding carboxylic acids is 9. The van der Waals surface area contributed by atoms with Crippen LogP contribution in [0, 0.1) is 5.92 Å². The van der Waals surface area contributed by atoms with Gasteiger partial charge in [0, 0.05) is 0 Å². The molecule has 1 rings (SSSR count). The molecule has 0 saturated carbocycles. The maximum atomic E-state index is 13.6. The largest absolute Gasteiger partial charge is 0.480 e. The number of hydrogen-bond donors (Lipinski definition) is 15. The lowest BCUT2D eigenvalue weighted by Gasteiger charge is -2.29. The Morgan fingerprint density at radius 3 is 1.65 bits per heavy atom. The second-order valence-corrected chi connectivity index (χ2v) is 14.9. The van der Waals surface area contributed by atoms with E-state index < -0.39 is 140 Å². The van der Waals surface area contributed by atoms with Crippen molar-refractivity contribution >= 4 is 59.1 Å². The van der Waals surface area contributed by atoms with E-state index in [2.05, 4.69) is 47.9 Å². The Labute approximate surface area is 359 Å². The van der Waals surface area contributed by atoms with Crippen LogP contribution in [0.4, 0.5) is 0 Å². The van der Waals surface area contributed by atoms with Gasteiger partial charge in [0.1, 0.15) is 48.3 Å². The number of carbonyl (C=O) groups is 10. The van der Waals surface area contributed by atoms with Crippen LogP contribution in [0.25, 0.3) is 0 Å². The molecule has 0 aliphatic carbocycles. The Bertz CT molecular complexity index is 1560. The molecule has 1 saturated heterocycles. The molecule has 0 radical (unpaired) electrons. The Morgan fingerprint density at radius 2 is 1.11 bits per heavy atom. The van der Waals surface area contributed by atoms with Gasteiger partial charge in [0.2, 0.25) is 53.2 Å². The van der Waals surface area contributed by atoms with Crippen LogP contribution in [0.1, 0.15) is 73.1 Å². The number of aliphatic hydroxyl groups is 3. The fourth-order valence-electron chi connectivity index (χ4n) is 5.76. The van der Waals surface area contributed by atoms with Crippen molar-refractivity contribution < 1.29 is 68.4 Å². The third-order valence-corrected chi connectivity index (χ3v) is 9.88. The zero-order valence-electron chi connectivity index (χ0n) is 35.7. The molecule has 1 fully saturated rings. The van der Waals surface area contributed by atoms with Gasteiger partial charge in [-0.25, -0.2) is 4.79 Å². The molecule has 9 amide bonds. The maximum absolute atomic E-state index is 13.6. The number of aliphatic carboxylic acids is 1. The van der Waals surface area contributed by atoms with Gasteiger partial charge in [-0.05, 0) is 71.9 Å². The molecule has 0 aromatic rings. The molecule has 0 aromatic carbocycles. The molecule has 25 heteroatoms. The molecule has 16 N–H and O–H groups in total. The van der Waals surface area contributed by atoms with E-state index >= 15 is 0 Å². The van der Waals surface area contributed by atoms with Crippen molar-refractivity contribution in [2.75, 3.05) is 39.5 Å². The molecule has 0 bridgehead atoms. The normalized spacial score (nSPS) is 17.7. The number of nitrogens with one attached hydrogen (secondary N) is 10. The highest BCUT2D eigenvalue weighted by Crippen LogP contribution is 2.11. The van der Waals surface area contributed by atoms with Crippen LogP contribution in [0.5, 0.6) is 0 Å². The van der Waals surface area contributed by atoms with Crippen molar-refractivity contribution in [2.24, 2.45) is 11.7 Å². The van der Waals surface area contributed by atoms with Crippen molar-refractivity contribution in [3.63, 3.8) is 0 Å². The second-order valence-electron chi connectivity index (χ2n) is 14.9. The molecule has 25 nitrogen and oxygen atoms in total. The van der Waals surface area contributed by atoms with E-state index in [-0.39, 0.29) is 18.9 Å². The van der Waals surface area contributed by atoms with Crippen LogP contribution >= 0.6 is 0 Å². The highest BCUT2D eigenvalue weighted by Gasteiger charge is 2.35. The number of rotatable bonds is 28. The summed E-state index contributed by atoms with van der Waals surface area (Å²) in [6.45, 7) is 4.85. The van der Waals surface area contributed by atoms with Crippen molar-refractivity contribution in [1.29, 1.82) is 0 Å². The van der Waals surface area contributed by atoms with Gasteiger partial charge < -0.3 is 79.3 Å². The molecule has 0 aromatic heterocycles. The smallest absolute Gasteiger partial charge is 0.328 e. The second kappa shape index (κ2) is 28.2. The van der Waals surface area contributed by atoms with E-state index in [0.717, 1.165) is 6.42 Å². The summed E-state index contributed by atoms with van der Waals surface area (Å²) < 4.78 is 0. The number of aliphatic hydroxyl groups excluding tert-OH is 3. The standard InChI is InChI=1S/C37H65N11O14/c1-6-18(2)28(36(60)44-23(10-7-8-12-38)33(57)46-24(15-49)34(58)47-26(17-51)37(61)62)48-35(59)25(16-50)45-31(55)21(5)42-30(54)20(4)41-27(52)14-40-29(53)19(3)43-32(56)22-11-9-13-39-22/h18-26,28,39,49-51H,6-17,38H2,1-5H3,(H,40,53)(H,41,52)(H,42,54)(H,43,56)(H,44,60)(H,45,55)(H,46,57)(H,47,58)(H,48,59)(H,61,62)/t18-,19-,20-,21-,22-,23-,24-,25-,26-,28-/m0/s1. The summed E-state index contributed by atoms with van der Waals surface area (Å²) in [6.07, 6.45) is 2.51. The zero-order chi connectivity index (χ0) is 47.1. The minimum Gasteiger partial charge on any atom is -0.480 e. The Balaban J connectivity index is 2.88. The van der Waals surface area contributed by atoms with Crippen molar-refractivity contribution in [3.05, 3.63) is 0 Å². The first-order valence-corrected chi connectivity index (χ1v) is 20.4. The molecule has 0 unspecified atom stereocenters. The molecule has 0 spiro atoms. The highest BCUT2D eigenvalue weighted by molar-refractivity contribution is 5.98. The van der Waals surface area contributed by atoms with Crippen LogP contribution in [0.2, 0.25) is 0 Å². The first kappa shape index (κ1) is 54.5. The number of amides is 9. The summed E-state index contributed by atoms with van der Waals surface area (Å²) in [5, 5.41) is 62.2. The number of carboxylic acids is 1. The maximum Gasteiger partial charge on any atom is 0.328 e. The Hall–Kier alpha value is -5.50. The summed E-state index contributed by atoms with van der Waals surface area (Å²) in [5.41, 5.74) is 5.58. The van der Waals surface area contributed by atoms with Crippen LogP contribution in [0.15, 0.2) is 0 Å². The first-order valence-electron chi connectivity index (χ1n) is 20.4. The van der Waals surface area contributed by atoms with Crippen LogP contribution in [0.3, 0.4) is 0 Å². The van der Waals surface area contributed by atoms with E-state index in [1.807, 2.05) is 5.32 Å². The summed E-state index contributed by atoms with van der Waals surface area (Å²) in [4.78, 5) is 127. The lowest BCUT2D eigenvalue weighted by Crippen LogP contribution is -2.61. The average molecular weight is 888 g/mol. The molecule has 1 aliphatic rings. The van der Waals surface area contributed by atoms with Gasteiger partial charge >= 0.3 is 5.97 Å². The minimum absolute atomic E-state index is 0.0133. The Kier molecular flexibility index (Phi) is 24.8. The van der Waals surface area contributed by atoms with Gasteiger partial charge in [-0.3, -0.25) is 43.2 Å². The topological polar surface area (TPSA) is 398 Å². The average Bonchev–Trinajstić information content (AvgIpc) is 3.79. The van der Waals surface area contributed by atoms with E-state index in [4.69, 9.17) is 10.8 Å². The van der Waals surface area contributed by atoms with E-state index in [9.17, 15) is 63.3 Å².